The number of nitrogens with zero attached hydrogens (tertiary/aromatic N) is 2. The number of aromatic nitrogens is 2. The Labute approximate surface area is 58.5 Å². The van der Waals surface area contributed by atoms with Crippen LogP contribution in [0.25, 0.3) is 11.3 Å². The Kier molecular flexibility index (Phi) is 0.556. The van der Waals surface area contributed by atoms with Gasteiger partial charge in [-0.25, -0.2) is 4.98 Å². The molecule has 0 saturated heterocycles. The molecule has 1 aliphatic heterocycles. The van der Waals surface area contributed by atoms with Gasteiger partial charge in [0, 0.05) is 12.1 Å². The van der Waals surface area contributed by atoms with Gasteiger partial charge in [-0.1, -0.05) is 6.08 Å². The van der Waals surface area contributed by atoms with E-state index in [9.17, 15) is 0 Å². The van der Waals surface area contributed by atoms with Crippen molar-refractivity contribution in [1.82, 2.24) is 9.55 Å². The molecule has 2 nitrogen and oxygen atoms in total. The lowest BCUT2D eigenvalue weighted by Gasteiger charge is -1.98. The van der Waals surface area contributed by atoms with Crippen molar-refractivity contribution in [2.75, 3.05) is 0 Å². The van der Waals surface area contributed by atoms with Gasteiger partial charge in [-0.05, 0) is 11.6 Å². The highest BCUT2D eigenvalue weighted by Crippen LogP contribution is 2.38. The fourth-order valence-corrected chi connectivity index (χ4v) is 1.61. The zero-order valence-electron chi connectivity index (χ0n) is 5.41. The molecule has 0 spiro atoms. The summed E-state index contributed by atoms with van der Waals surface area (Å²) in [4.78, 5) is 4.07. The van der Waals surface area contributed by atoms with Crippen LogP contribution in [0.2, 0.25) is 0 Å². The fourth-order valence-electron chi connectivity index (χ4n) is 1.61. The second kappa shape index (κ2) is 1.24. The molecule has 10 heavy (non-hydrogen) atoms. The van der Waals surface area contributed by atoms with Gasteiger partial charge < -0.3 is 4.57 Å². The third-order valence-electron chi connectivity index (χ3n) is 2.13. The molecule has 0 unspecified atom stereocenters. The van der Waals surface area contributed by atoms with E-state index in [2.05, 4.69) is 21.7 Å². The van der Waals surface area contributed by atoms with Gasteiger partial charge in [0.25, 0.3) is 0 Å². The summed E-state index contributed by atoms with van der Waals surface area (Å²) < 4.78 is 2.15. The van der Waals surface area contributed by atoms with Gasteiger partial charge in [0.05, 0.1) is 18.2 Å². The van der Waals surface area contributed by atoms with Crippen molar-refractivity contribution < 1.29 is 0 Å². The van der Waals surface area contributed by atoms with Crippen LogP contribution in [0.5, 0.6) is 0 Å². The second-order valence-corrected chi connectivity index (χ2v) is 2.68. The van der Waals surface area contributed by atoms with E-state index in [4.69, 9.17) is 0 Å². The molecule has 2 bridgehead atoms. The summed E-state index contributed by atoms with van der Waals surface area (Å²) in [5, 5.41) is 0. The Balaban J connectivity index is 2.46. The van der Waals surface area contributed by atoms with E-state index in [1.54, 1.807) is 0 Å². The van der Waals surface area contributed by atoms with Crippen molar-refractivity contribution in [3.05, 3.63) is 30.4 Å². The first kappa shape index (κ1) is 4.50. The van der Waals surface area contributed by atoms with Crippen LogP contribution in [0.3, 0.4) is 0 Å². The molecule has 0 amide bonds. The molecule has 1 aliphatic carbocycles. The lowest BCUT2D eigenvalue weighted by molar-refractivity contribution is 1.08. The van der Waals surface area contributed by atoms with Crippen LogP contribution < -0.4 is 0 Å². The van der Waals surface area contributed by atoms with Crippen LogP contribution >= 0.6 is 0 Å². The van der Waals surface area contributed by atoms with E-state index in [0.717, 1.165) is 6.42 Å². The molecule has 0 saturated carbocycles. The molecule has 1 aromatic heterocycles. The highest BCUT2D eigenvalue weighted by Gasteiger charge is 2.23. The molecular weight excluding hydrogens is 124 g/mol. The molecule has 0 radical (unpaired) electrons. The highest BCUT2D eigenvalue weighted by atomic mass is 15.1. The predicted molar refractivity (Wildman–Crippen MR) is 39.1 cm³/mol. The quantitative estimate of drug-likeness (QED) is 0.520. The first-order valence-electron chi connectivity index (χ1n) is 3.38. The zero-order chi connectivity index (χ0) is 6.55. The lowest BCUT2D eigenvalue weighted by Crippen LogP contribution is -1.88. The standard InChI is InChI=1S/C8H6N2/c1-2-7-3-6(1)8-4-9-5-10(7)8/h1-2,4-5H,3H2. The maximum atomic E-state index is 4.07. The van der Waals surface area contributed by atoms with Gasteiger partial charge in [0.2, 0.25) is 0 Å². The monoisotopic (exact) mass is 130 g/mol. The Morgan fingerprint density at radius 3 is 3.30 bits per heavy atom. The van der Waals surface area contributed by atoms with Crippen LogP contribution in [0, 0.1) is 0 Å². The van der Waals surface area contributed by atoms with Crippen molar-refractivity contribution in [3.8, 4) is 0 Å². The first-order chi connectivity index (χ1) is 4.95. The van der Waals surface area contributed by atoms with E-state index in [0.29, 0.717) is 0 Å². The molecule has 48 valence electrons. The summed E-state index contributed by atoms with van der Waals surface area (Å²) in [6, 6.07) is 0. The molecule has 0 aromatic carbocycles. The number of fused-ring (bicyclic) bond motifs is 5. The largest absolute Gasteiger partial charge is 0.303 e. The predicted octanol–water partition coefficient (Wildman–Crippen LogP) is 1.52. The van der Waals surface area contributed by atoms with E-state index in [1.165, 1.54) is 17.0 Å². The van der Waals surface area contributed by atoms with Crippen molar-refractivity contribution >= 4 is 11.3 Å². The molecule has 0 atom stereocenters. The van der Waals surface area contributed by atoms with E-state index < -0.39 is 0 Å². The van der Waals surface area contributed by atoms with Gasteiger partial charge in [0.15, 0.2) is 0 Å². The average molecular weight is 130 g/mol. The molecule has 1 aromatic rings. The first-order valence-corrected chi connectivity index (χ1v) is 3.38. The minimum Gasteiger partial charge on any atom is -0.303 e. The van der Waals surface area contributed by atoms with Crippen LogP contribution in [-0.2, 0) is 0 Å². The smallest absolute Gasteiger partial charge is 0.0994 e. The van der Waals surface area contributed by atoms with Crippen LogP contribution in [0.4, 0.5) is 0 Å². The van der Waals surface area contributed by atoms with Crippen LogP contribution in [-0.4, -0.2) is 9.55 Å². The maximum Gasteiger partial charge on any atom is 0.0994 e. The number of allylic oxidation sites excluding steroid dienone is 4. The van der Waals surface area contributed by atoms with E-state index in [-0.39, 0.29) is 0 Å². The zero-order valence-corrected chi connectivity index (χ0v) is 5.41. The normalized spacial score (nSPS) is 18.8. The molecule has 0 fully saturated rings. The Morgan fingerprint density at radius 1 is 1.40 bits per heavy atom. The minimum atomic E-state index is 1.11. The number of hydrogen-bond acceptors (Lipinski definition) is 1. The molecule has 2 heteroatoms. The average Bonchev–Trinajstić information content (AvgIpc) is 2.60. The van der Waals surface area contributed by atoms with Gasteiger partial charge >= 0.3 is 0 Å². The number of rotatable bonds is 0. The molecule has 2 heterocycles. The lowest BCUT2D eigenvalue weighted by atomic mass is 10.2. The van der Waals surface area contributed by atoms with E-state index in [1.807, 2.05) is 12.5 Å². The Bertz CT molecular complexity index is 323. The van der Waals surface area contributed by atoms with Crippen molar-refractivity contribution in [2.24, 2.45) is 0 Å². The molecular formula is C8H6N2. The van der Waals surface area contributed by atoms with Gasteiger partial charge in [-0.3, -0.25) is 0 Å². The van der Waals surface area contributed by atoms with Gasteiger partial charge in [-0.15, -0.1) is 0 Å². The van der Waals surface area contributed by atoms with Crippen molar-refractivity contribution in [1.29, 1.82) is 0 Å². The summed E-state index contributed by atoms with van der Waals surface area (Å²) in [5.74, 6) is 0. The highest BCUT2D eigenvalue weighted by molar-refractivity contribution is 5.86. The molecule has 3 rings (SSSR count). The Morgan fingerprint density at radius 2 is 2.40 bits per heavy atom. The number of imidazole rings is 1. The summed E-state index contributed by atoms with van der Waals surface area (Å²) in [7, 11) is 0. The maximum absolute atomic E-state index is 4.07. The van der Waals surface area contributed by atoms with Crippen LogP contribution in [0.1, 0.15) is 12.1 Å². The molecule has 0 N–H and O–H groups in total. The molecule has 2 aliphatic rings. The summed E-state index contributed by atoms with van der Waals surface area (Å²) >= 11 is 0. The van der Waals surface area contributed by atoms with Crippen molar-refractivity contribution in [3.63, 3.8) is 0 Å². The minimum absolute atomic E-state index is 1.11. The number of hydrogen-bond donors (Lipinski definition) is 0. The summed E-state index contributed by atoms with van der Waals surface area (Å²) in [6.45, 7) is 0. The van der Waals surface area contributed by atoms with Crippen molar-refractivity contribution in [2.45, 2.75) is 6.42 Å². The Hall–Kier alpha value is -1.31. The van der Waals surface area contributed by atoms with Crippen LogP contribution in [0.15, 0.2) is 24.7 Å². The second-order valence-electron chi connectivity index (χ2n) is 2.68. The van der Waals surface area contributed by atoms with Gasteiger partial charge in [0.1, 0.15) is 0 Å². The third kappa shape index (κ3) is 0.328. The summed E-state index contributed by atoms with van der Waals surface area (Å²) in [6.07, 6.45) is 9.24. The van der Waals surface area contributed by atoms with E-state index >= 15 is 0 Å². The third-order valence-corrected chi connectivity index (χ3v) is 2.13. The summed E-state index contributed by atoms with van der Waals surface area (Å²) in [5.41, 5.74) is 4.05. The SMILES string of the molecule is C1=C2CC(=C1)n1cncc12. The topological polar surface area (TPSA) is 17.8 Å². The van der Waals surface area contributed by atoms with Gasteiger partial charge in [-0.2, -0.15) is 0 Å². The fraction of sp³-hybridized carbons (Fsp3) is 0.125.